The zero-order chi connectivity index (χ0) is 37.5. The van der Waals surface area contributed by atoms with E-state index in [1.54, 1.807) is 0 Å². The summed E-state index contributed by atoms with van der Waals surface area (Å²) in [6.07, 6.45) is 0. The molecule has 57 heavy (non-hydrogen) atoms. The molecule has 0 N–H and O–H groups in total. The molecule has 0 aliphatic heterocycles. The van der Waals surface area contributed by atoms with Crippen molar-refractivity contribution in [2.75, 3.05) is 0 Å². The second kappa shape index (κ2) is 12.5. The van der Waals surface area contributed by atoms with Crippen LogP contribution < -0.4 is 0 Å². The van der Waals surface area contributed by atoms with Crippen molar-refractivity contribution in [1.82, 2.24) is 13.7 Å². The number of benzene rings is 9. The normalized spacial score (nSPS) is 11.9. The Morgan fingerprint density at radius 2 is 0.737 bits per heavy atom. The molecule has 0 fully saturated rings. The molecule has 0 aliphatic rings. The van der Waals surface area contributed by atoms with Crippen LogP contribution in [-0.4, -0.2) is 13.7 Å². The van der Waals surface area contributed by atoms with Crippen molar-refractivity contribution >= 4 is 65.4 Å². The molecule has 12 rings (SSSR count). The first kappa shape index (κ1) is 31.7. The Bertz CT molecular complexity index is 3510. The third-order valence-corrected chi connectivity index (χ3v) is 11.8. The van der Waals surface area contributed by atoms with Gasteiger partial charge < -0.3 is 13.7 Å². The number of hydrogen-bond donors (Lipinski definition) is 0. The molecule has 0 atom stereocenters. The first-order valence-corrected chi connectivity index (χ1v) is 19.6. The average molecular weight is 726 g/mol. The highest BCUT2D eigenvalue weighted by atomic mass is 15.0. The Hall–Kier alpha value is -7.62. The molecule has 0 radical (unpaired) electrons. The largest absolute Gasteiger partial charge is 0.309 e. The van der Waals surface area contributed by atoms with Gasteiger partial charge in [-0.2, -0.15) is 0 Å². The van der Waals surface area contributed by atoms with Crippen molar-refractivity contribution in [3.63, 3.8) is 0 Å². The van der Waals surface area contributed by atoms with Gasteiger partial charge in [0.1, 0.15) is 0 Å². The van der Waals surface area contributed by atoms with Crippen LogP contribution in [0.1, 0.15) is 0 Å². The lowest BCUT2D eigenvalue weighted by Crippen LogP contribution is -2.00. The molecular weight excluding hydrogens is 691 g/mol. The van der Waals surface area contributed by atoms with Crippen LogP contribution in [0.25, 0.3) is 105 Å². The third kappa shape index (κ3) is 4.60. The monoisotopic (exact) mass is 725 g/mol. The van der Waals surface area contributed by atoms with E-state index in [1.165, 1.54) is 93.4 Å². The van der Waals surface area contributed by atoms with E-state index in [0.29, 0.717) is 0 Å². The molecule has 0 saturated heterocycles. The molecule has 0 spiro atoms. The summed E-state index contributed by atoms with van der Waals surface area (Å²) in [4.78, 5) is 0. The Kier molecular flexibility index (Phi) is 6.93. The number of rotatable bonds is 5. The van der Waals surface area contributed by atoms with Gasteiger partial charge in [0.2, 0.25) is 0 Å². The highest BCUT2D eigenvalue weighted by molar-refractivity contribution is 6.26. The summed E-state index contributed by atoms with van der Waals surface area (Å²) in [5.74, 6) is 0. The van der Waals surface area contributed by atoms with Crippen LogP contribution in [0.5, 0.6) is 0 Å². The predicted octanol–water partition coefficient (Wildman–Crippen LogP) is 14.3. The van der Waals surface area contributed by atoms with E-state index < -0.39 is 0 Å². The second-order valence-corrected chi connectivity index (χ2v) is 14.9. The predicted molar refractivity (Wildman–Crippen MR) is 240 cm³/mol. The first-order chi connectivity index (χ1) is 28.3. The first-order valence-electron chi connectivity index (χ1n) is 19.6. The number of hydrogen-bond acceptors (Lipinski definition) is 0. The average Bonchev–Trinajstić information content (AvgIpc) is 3.93. The molecule has 0 unspecified atom stereocenters. The van der Waals surface area contributed by atoms with Crippen molar-refractivity contribution in [3.8, 4) is 39.3 Å². The molecule has 0 amide bonds. The maximum Gasteiger partial charge on any atom is 0.0641 e. The van der Waals surface area contributed by atoms with E-state index >= 15 is 0 Å². The van der Waals surface area contributed by atoms with Crippen LogP contribution >= 0.6 is 0 Å². The Morgan fingerprint density at radius 1 is 0.246 bits per heavy atom. The minimum absolute atomic E-state index is 1.15. The van der Waals surface area contributed by atoms with Crippen LogP contribution in [0.2, 0.25) is 0 Å². The summed E-state index contributed by atoms with van der Waals surface area (Å²) in [6.45, 7) is 0. The van der Waals surface area contributed by atoms with E-state index in [1.807, 2.05) is 0 Å². The minimum atomic E-state index is 1.15. The van der Waals surface area contributed by atoms with Crippen LogP contribution in [0.15, 0.2) is 212 Å². The molecule has 3 nitrogen and oxygen atoms in total. The van der Waals surface area contributed by atoms with Gasteiger partial charge in [0.15, 0.2) is 0 Å². The quantitative estimate of drug-likeness (QED) is 0.168. The molecule has 0 saturated carbocycles. The molecule has 0 bridgehead atoms. The fraction of sp³-hybridized carbons (Fsp3) is 0. The van der Waals surface area contributed by atoms with Crippen molar-refractivity contribution in [3.05, 3.63) is 212 Å². The van der Waals surface area contributed by atoms with Crippen molar-refractivity contribution in [2.45, 2.75) is 0 Å². The van der Waals surface area contributed by atoms with Gasteiger partial charge in [-0.3, -0.25) is 0 Å². The van der Waals surface area contributed by atoms with Crippen LogP contribution in [0, 0.1) is 0 Å². The van der Waals surface area contributed by atoms with Gasteiger partial charge in [-0.15, -0.1) is 0 Å². The van der Waals surface area contributed by atoms with Gasteiger partial charge in [-0.1, -0.05) is 164 Å². The summed E-state index contributed by atoms with van der Waals surface area (Å²) in [6, 6.07) is 77.4. The number of fused-ring (bicyclic) bond motifs is 10. The lowest BCUT2D eigenvalue weighted by molar-refractivity contribution is 1.17. The fourth-order valence-corrected chi connectivity index (χ4v) is 9.53. The minimum Gasteiger partial charge on any atom is -0.309 e. The molecule has 9 aromatic carbocycles. The third-order valence-electron chi connectivity index (χ3n) is 11.8. The van der Waals surface area contributed by atoms with E-state index in [2.05, 4.69) is 226 Å². The maximum absolute atomic E-state index is 2.51. The number of aromatic nitrogens is 3. The lowest BCUT2D eigenvalue weighted by atomic mass is 10.00. The molecule has 266 valence electrons. The SMILES string of the molecule is c1ccc(-c2ccccc2-n2c3ccccc3c3ccc4c(c5ccccc5n4-c4ccccc4-c4cccc5c6ccccc6n(-c6ccccc6)c45)c32)cc1. The van der Waals surface area contributed by atoms with Gasteiger partial charge in [-0.05, 0) is 54.1 Å². The molecular formula is C54H35N3. The lowest BCUT2D eigenvalue weighted by Gasteiger charge is -2.17. The molecule has 3 heteroatoms. The Morgan fingerprint density at radius 3 is 1.46 bits per heavy atom. The maximum atomic E-state index is 2.51. The Balaban J connectivity index is 1.20. The summed E-state index contributed by atoms with van der Waals surface area (Å²) < 4.78 is 7.45. The van der Waals surface area contributed by atoms with E-state index in [4.69, 9.17) is 0 Å². The van der Waals surface area contributed by atoms with Gasteiger partial charge in [-0.25, -0.2) is 0 Å². The smallest absolute Gasteiger partial charge is 0.0641 e. The summed E-state index contributed by atoms with van der Waals surface area (Å²) in [7, 11) is 0. The summed E-state index contributed by atoms with van der Waals surface area (Å²) in [5.41, 5.74) is 15.4. The Labute approximate surface area is 329 Å². The van der Waals surface area contributed by atoms with Gasteiger partial charge in [0, 0.05) is 54.7 Å². The fourth-order valence-electron chi connectivity index (χ4n) is 9.53. The topological polar surface area (TPSA) is 14.8 Å². The van der Waals surface area contributed by atoms with Crippen molar-refractivity contribution in [1.29, 1.82) is 0 Å². The van der Waals surface area contributed by atoms with E-state index in [-0.39, 0.29) is 0 Å². The van der Waals surface area contributed by atoms with Crippen LogP contribution in [0.4, 0.5) is 0 Å². The van der Waals surface area contributed by atoms with Gasteiger partial charge >= 0.3 is 0 Å². The number of para-hydroxylation sites is 7. The van der Waals surface area contributed by atoms with Crippen LogP contribution in [0.3, 0.4) is 0 Å². The summed E-state index contributed by atoms with van der Waals surface area (Å²) >= 11 is 0. The molecule has 3 heterocycles. The van der Waals surface area contributed by atoms with Crippen LogP contribution in [-0.2, 0) is 0 Å². The van der Waals surface area contributed by atoms with Gasteiger partial charge in [0.05, 0.1) is 44.5 Å². The standard InChI is InChI=1S/C54H35N3/c1-3-18-36(19-4-1)38-22-7-12-29-46(38)57-49-32-15-10-25-41(49)44-34-35-51-52(54(44)57)45-26-11-16-33-50(45)56(51)48-31-14-9-24-40(48)43-28-17-27-42-39-23-8-13-30-47(39)55(53(42)43)37-20-5-2-6-21-37/h1-35H. The molecule has 3 aromatic heterocycles. The van der Waals surface area contributed by atoms with Crippen molar-refractivity contribution in [2.24, 2.45) is 0 Å². The second-order valence-electron chi connectivity index (χ2n) is 14.9. The van der Waals surface area contributed by atoms with E-state index in [0.717, 1.165) is 11.4 Å². The summed E-state index contributed by atoms with van der Waals surface area (Å²) in [5, 5.41) is 7.45. The van der Waals surface area contributed by atoms with Gasteiger partial charge in [0.25, 0.3) is 0 Å². The van der Waals surface area contributed by atoms with E-state index in [9.17, 15) is 0 Å². The highest BCUT2D eigenvalue weighted by Crippen LogP contribution is 2.46. The zero-order valence-corrected chi connectivity index (χ0v) is 31.0. The molecule has 0 aliphatic carbocycles. The highest BCUT2D eigenvalue weighted by Gasteiger charge is 2.24. The number of nitrogens with zero attached hydrogens (tertiary/aromatic N) is 3. The molecule has 12 aromatic rings. The van der Waals surface area contributed by atoms with Crippen molar-refractivity contribution < 1.29 is 0 Å². The zero-order valence-electron chi connectivity index (χ0n) is 31.0.